The van der Waals surface area contributed by atoms with Gasteiger partial charge >= 0.3 is 5.97 Å². The van der Waals surface area contributed by atoms with Gasteiger partial charge in [-0.05, 0) is 44.0 Å². The molecule has 1 saturated heterocycles. The number of amides is 1. The number of hydrogen-bond donors (Lipinski definition) is 1. The Morgan fingerprint density at radius 2 is 2.00 bits per heavy atom. The normalized spacial score (nSPS) is 24.1. The predicted octanol–water partition coefficient (Wildman–Crippen LogP) is 2.43. The maximum atomic E-state index is 12.9. The summed E-state index contributed by atoms with van der Waals surface area (Å²) in [5.74, 6) is -1.53. The van der Waals surface area contributed by atoms with Crippen molar-refractivity contribution in [2.24, 2.45) is 5.41 Å². The lowest BCUT2D eigenvalue weighted by Gasteiger charge is -2.23. The monoisotopic (exact) mass is 265 g/mol. The summed E-state index contributed by atoms with van der Waals surface area (Å²) in [5, 5.41) is 9.21. The van der Waals surface area contributed by atoms with Crippen LogP contribution in [-0.2, 0) is 9.59 Å². The van der Waals surface area contributed by atoms with Crippen LogP contribution in [0.25, 0.3) is 0 Å². The Morgan fingerprint density at radius 3 is 2.58 bits per heavy atom. The molecular formula is C14H16FNO3. The topological polar surface area (TPSA) is 57.6 Å². The second-order valence-electron chi connectivity index (χ2n) is 5.17. The van der Waals surface area contributed by atoms with Crippen molar-refractivity contribution in [3.8, 4) is 0 Å². The molecule has 1 aliphatic heterocycles. The summed E-state index contributed by atoms with van der Waals surface area (Å²) in [6, 6.07) is 5.67. The van der Waals surface area contributed by atoms with Crippen LogP contribution in [0.4, 0.5) is 10.1 Å². The molecule has 19 heavy (non-hydrogen) atoms. The van der Waals surface area contributed by atoms with Gasteiger partial charge in [0, 0.05) is 18.7 Å². The summed E-state index contributed by atoms with van der Waals surface area (Å²) in [6.45, 7) is 2.06. The number of hydrogen-bond acceptors (Lipinski definition) is 2. The van der Waals surface area contributed by atoms with E-state index in [2.05, 4.69) is 0 Å². The van der Waals surface area contributed by atoms with Crippen molar-refractivity contribution in [3.05, 3.63) is 30.1 Å². The van der Waals surface area contributed by atoms with Crippen LogP contribution in [0.2, 0.25) is 0 Å². The van der Waals surface area contributed by atoms with Crippen molar-refractivity contribution in [1.82, 2.24) is 0 Å². The van der Waals surface area contributed by atoms with E-state index in [1.54, 1.807) is 6.92 Å². The molecule has 5 heteroatoms. The van der Waals surface area contributed by atoms with E-state index in [1.807, 2.05) is 0 Å². The van der Waals surface area contributed by atoms with E-state index >= 15 is 0 Å². The van der Waals surface area contributed by atoms with Crippen LogP contribution >= 0.6 is 0 Å². The summed E-state index contributed by atoms with van der Waals surface area (Å²) >= 11 is 0. The third-order valence-corrected chi connectivity index (χ3v) is 3.61. The number of rotatable bonds is 2. The van der Waals surface area contributed by atoms with Gasteiger partial charge in [0.15, 0.2) is 0 Å². The number of anilines is 1. The average molecular weight is 265 g/mol. The van der Waals surface area contributed by atoms with E-state index in [0.717, 1.165) is 0 Å². The zero-order valence-electron chi connectivity index (χ0n) is 10.7. The van der Waals surface area contributed by atoms with Crippen LogP contribution in [0.1, 0.15) is 26.2 Å². The van der Waals surface area contributed by atoms with E-state index < -0.39 is 11.4 Å². The summed E-state index contributed by atoms with van der Waals surface area (Å²) < 4.78 is 12.9. The number of carboxylic acids is 1. The van der Waals surface area contributed by atoms with Crippen LogP contribution in [0, 0.1) is 11.2 Å². The van der Waals surface area contributed by atoms with Gasteiger partial charge < -0.3 is 10.0 Å². The molecule has 0 bridgehead atoms. The molecule has 102 valence electrons. The van der Waals surface area contributed by atoms with Crippen LogP contribution in [-0.4, -0.2) is 23.5 Å². The zero-order valence-corrected chi connectivity index (χ0v) is 10.7. The first kappa shape index (κ1) is 13.5. The number of nitrogens with zero attached hydrogens (tertiary/aromatic N) is 1. The summed E-state index contributed by atoms with van der Waals surface area (Å²) in [7, 11) is 0. The van der Waals surface area contributed by atoms with Gasteiger partial charge in [0.25, 0.3) is 0 Å². The first-order chi connectivity index (χ1) is 8.92. The molecule has 1 atom stereocenters. The highest BCUT2D eigenvalue weighted by atomic mass is 19.1. The molecule has 4 nitrogen and oxygen atoms in total. The molecule has 1 N–H and O–H groups in total. The number of carboxylic acid groups (broad SMARTS) is 1. The van der Waals surface area contributed by atoms with Crippen molar-refractivity contribution in [2.45, 2.75) is 26.2 Å². The fourth-order valence-corrected chi connectivity index (χ4v) is 2.35. The van der Waals surface area contributed by atoms with Crippen molar-refractivity contribution >= 4 is 17.6 Å². The Morgan fingerprint density at radius 1 is 1.37 bits per heavy atom. The van der Waals surface area contributed by atoms with E-state index in [0.29, 0.717) is 25.1 Å². The second-order valence-corrected chi connectivity index (χ2v) is 5.17. The molecule has 0 radical (unpaired) electrons. The quantitative estimate of drug-likeness (QED) is 0.893. The Hall–Kier alpha value is -1.91. The lowest BCUT2D eigenvalue weighted by molar-refractivity contribution is -0.150. The van der Waals surface area contributed by atoms with Crippen LogP contribution in [0.3, 0.4) is 0 Å². The molecule has 0 aliphatic carbocycles. The Labute approximate surface area is 110 Å². The van der Waals surface area contributed by atoms with Gasteiger partial charge in [-0.15, -0.1) is 0 Å². The largest absolute Gasteiger partial charge is 0.481 e. The van der Waals surface area contributed by atoms with Gasteiger partial charge in [0.2, 0.25) is 5.91 Å². The minimum atomic E-state index is -1.01. The smallest absolute Gasteiger partial charge is 0.309 e. The third-order valence-electron chi connectivity index (χ3n) is 3.61. The summed E-state index contributed by atoms with van der Waals surface area (Å²) in [5.41, 5.74) is -0.396. The summed E-state index contributed by atoms with van der Waals surface area (Å²) in [6.07, 6.45) is 1.05. The molecule has 0 aromatic heterocycles. The number of benzene rings is 1. The molecule has 2 rings (SSSR count). The summed E-state index contributed by atoms with van der Waals surface area (Å²) in [4.78, 5) is 25.0. The zero-order chi connectivity index (χ0) is 14.0. The van der Waals surface area contributed by atoms with Gasteiger partial charge in [0.05, 0.1) is 5.41 Å². The Bertz CT molecular complexity index is 500. The molecule has 1 aromatic carbocycles. The molecule has 1 heterocycles. The molecule has 0 spiro atoms. The molecule has 1 fully saturated rings. The van der Waals surface area contributed by atoms with Crippen LogP contribution < -0.4 is 4.90 Å². The molecular weight excluding hydrogens is 249 g/mol. The number of carbonyl (C=O) groups excluding carboxylic acids is 1. The molecule has 1 unspecified atom stereocenters. The molecule has 1 aromatic rings. The lowest BCUT2D eigenvalue weighted by atomic mass is 9.83. The van der Waals surface area contributed by atoms with Gasteiger partial charge in [-0.3, -0.25) is 9.59 Å². The Kier molecular flexibility index (Phi) is 3.55. The molecule has 1 amide bonds. The highest BCUT2D eigenvalue weighted by Gasteiger charge is 2.39. The SMILES string of the molecule is CC1(C(=O)O)CCCN(c2ccc(F)cc2)C(=O)C1. The van der Waals surface area contributed by atoms with Gasteiger partial charge in [-0.2, -0.15) is 0 Å². The van der Waals surface area contributed by atoms with Crippen LogP contribution in [0.15, 0.2) is 24.3 Å². The number of aliphatic carboxylic acids is 1. The van der Waals surface area contributed by atoms with E-state index in [9.17, 15) is 19.1 Å². The fourth-order valence-electron chi connectivity index (χ4n) is 2.35. The van der Waals surface area contributed by atoms with Gasteiger partial charge in [-0.25, -0.2) is 4.39 Å². The van der Waals surface area contributed by atoms with Crippen molar-refractivity contribution < 1.29 is 19.1 Å². The molecule has 0 saturated carbocycles. The predicted molar refractivity (Wildman–Crippen MR) is 68.3 cm³/mol. The molecule has 1 aliphatic rings. The average Bonchev–Trinajstić information content (AvgIpc) is 2.50. The van der Waals surface area contributed by atoms with Crippen molar-refractivity contribution in [3.63, 3.8) is 0 Å². The minimum absolute atomic E-state index is 0.0281. The minimum Gasteiger partial charge on any atom is -0.481 e. The van der Waals surface area contributed by atoms with E-state index in [-0.39, 0.29) is 18.1 Å². The second kappa shape index (κ2) is 4.99. The first-order valence-electron chi connectivity index (χ1n) is 6.22. The Balaban J connectivity index is 2.23. The van der Waals surface area contributed by atoms with Crippen molar-refractivity contribution in [1.29, 1.82) is 0 Å². The standard InChI is InChI=1S/C14H16FNO3/c1-14(13(18)19)7-2-8-16(12(17)9-14)11-5-3-10(15)4-6-11/h3-6H,2,7-9H2,1H3,(H,18,19). The van der Waals surface area contributed by atoms with Crippen molar-refractivity contribution in [2.75, 3.05) is 11.4 Å². The highest BCUT2D eigenvalue weighted by Crippen LogP contribution is 2.33. The first-order valence-corrected chi connectivity index (χ1v) is 6.22. The third kappa shape index (κ3) is 2.75. The fraction of sp³-hybridized carbons (Fsp3) is 0.429. The van der Waals surface area contributed by atoms with Gasteiger partial charge in [-0.1, -0.05) is 0 Å². The van der Waals surface area contributed by atoms with Crippen LogP contribution in [0.5, 0.6) is 0 Å². The van der Waals surface area contributed by atoms with Gasteiger partial charge in [0.1, 0.15) is 5.82 Å². The van der Waals surface area contributed by atoms with E-state index in [1.165, 1.54) is 29.2 Å². The highest BCUT2D eigenvalue weighted by molar-refractivity contribution is 5.96. The maximum Gasteiger partial charge on any atom is 0.309 e. The number of halogens is 1. The lowest BCUT2D eigenvalue weighted by Crippen LogP contribution is -2.34. The van der Waals surface area contributed by atoms with E-state index in [4.69, 9.17) is 0 Å². The maximum absolute atomic E-state index is 12.9. The number of carbonyl (C=O) groups is 2.